The van der Waals surface area contributed by atoms with E-state index in [1.54, 1.807) is 13.8 Å². The van der Waals surface area contributed by atoms with E-state index in [9.17, 15) is 44.1 Å². The van der Waals surface area contributed by atoms with Gasteiger partial charge in [0, 0.05) is 6.42 Å². The number of hydrogen-bond acceptors (Lipinski definition) is 9. The Labute approximate surface area is 201 Å². The first-order chi connectivity index (χ1) is 16.3. The van der Waals surface area contributed by atoms with E-state index in [-0.39, 0.29) is 0 Å². The summed E-state index contributed by atoms with van der Waals surface area (Å²) >= 11 is 0. The number of carboxylic acid groups (broad SMARTS) is 2. The van der Waals surface area contributed by atoms with Gasteiger partial charge in [0.15, 0.2) is 0 Å². The highest BCUT2D eigenvalue weighted by atomic mass is 16.4. The number of carboxylic acids is 2. The summed E-state index contributed by atoms with van der Waals surface area (Å²) < 4.78 is 0. The summed E-state index contributed by atoms with van der Waals surface area (Å²) in [7, 11) is 0. The lowest BCUT2D eigenvalue weighted by atomic mass is 9.99. The van der Waals surface area contributed by atoms with Gasteiger partial charge in [-0.15, -0.1) is 0 Å². The molecule has 0 aromatic rings. The number of nitrogens with one attached hydrogen (secondary N) is 4. The number of hydrogen-bond donors (Lipinski definition) is 9. The van der Waals surface area contributed by atoms with E-state index < -0.39 is 97.7 Å². The van der Waals surface area contributed by atoms with Crippen LogP contribution in [0.25, 0.3) is 0 Å². The van der Waals surface area contributed by atoms with Crippen LogP contribution in [0.2, 0.25) is 0 Å². The van der Waals surface area contributed by atoms with Crippen LogP contribution in [-0.2, 0) is 28.8 Å². The minimum Gasteiger partial charge on any atom is -0.481 e. The smallest absolute Gasteiger partial charge is 0.326 e. The normalized spacial score (nSPS) is 15.9. The monoisotopic (exact) mass is 505 g/mol. The molecule has 0 bridgehead atoms. The molecule has 6 atom stereocenters. The maximum Gasteiger partial charge on any atom is 0.326 e. The number of aliphatic carboxylic acids is 2. The van der Waals surface area contributed by atoms with Crippen LogP contribution in [0.4, 0.5) is 0 Å². The number of nitrogens with two attached hydrogens (primary N) is 1. The molecule has 0 saturated heterocycles. The molecule has 0 fully saturated rings. The predicted octanol–water partition coefficient (Wildman–Crippen LogP) is -3.75. The van der Waals surface area contributed by atoms with Gasteiger partial charge in [-0.3, -0.25) is 24.0 Å². The minimum absolute atomic E-state index is 0.418. The summed E-state index contributed by atoms with van der Waals surface area (Å²) in [6, 6.07) is -5.96. The molecular weight excluding hydrogens is 470 g/mol. The fourth-order valence-electron chi connectivity index (χ4n) is 2.84. The first-order valence-corrected chi connectivity index (χ1v) is 10.9. The van der Waals surface area contributed by atoms with Crippen molar-refractivity contribution in [2.45, 2.75) is 70.3 Å². The van der Waals surface area contributed by atoms with Crippen molar-refractivity contribution in [2.24, 2.45) is 11.7 Å². The van der Waals surface area contributed by atoms with Gasteiger partial charge in [-0.05, 0) is 19.3 Å². The maximum atomic E-state index is 12.7. The first-order valence-electron chi connectivity index (χ1n) is 10.9. The quantitative estimate of drug-likeness (QED) is 0.0984. The highest BCUT2D eigenvalue weighted by Gasteiger charge is 2.33. The minimum atomic E-state index is -1.61. The molecule has 0 aromatic heterocycles. The molecule has 0 rings (SSSR count). The summed E-state index contributed by atoms with van der Waals surface area (Å²) in [6.07, 6.45) is -1.99. The second-order valence-corrected chi connectivity index (χ2v) is 7.94. The van der Waals surface area contributed by atoms with Gasteiger partial charge in [0.2, 0.25) is 23.6 Å². The van der Waals surface area contributed by atoms with E-state index in [1.807, 2.05) is 0 Å². The largest absolute Gasteiger partial charge is 0.481 e. The summed E-state index contributed by atoms with van der Waals surface area (Å²) in [5.74, 6) is -6.94. The number of aliphatic hydroxyl groups is 2. The van der Waals surface area contributed by atoms with Crippen molar-refractivity contribution in [3.8, 4) is 0 Å². The number of carbonyl (C=O) groups is 6. The topological polar surface area (TPSA) is 257 Å². The van der Waals surface area contributed by atoms with Crippen LogP contribution in [0.5, 0.6) is 0 Å². The molecule has 35 heavy (non-hydrogen) atoms. The predicted molar refractivity (Wildman–Crippen MR) is 120 cm³/mol. The zero-order chi connectivity index (χ0) is 27.3. The molecule has 0 radical (unpaired) electrons. The Balaban J connectivity index is 5.59. The number of carbonyl (C=O) groups excluding carboxylic acids is 4. The highest BCUT2D eigenvalue weighted by Crippen LogP contribution is 2.08. The Bertz CT molecular complexity index is 775. The Kier molecular flexibility index (Phi) is 14.1. The van der Waals surface area contributed by atoms with Gasteiger partial charge in [0.1, 0.15) is 24.2 Å². The molecule has 4 amide bonds. The first kappa shape index (κ1) is 31.7. The molecule has 0 aliphatic rings. The van der Waals surface area contributed by atoms with E-state index >= 15 is 0 Å². The van der Waals surface area contributed by atoms with Crippen LogP contribution in [-0.4, -0.2) is 99.4 Å². The van der Waals surface area contributed by atoms with Gasteiger partial charge in [0.05, 0.1) is 19.3 Å². The van der Waals surface area contributed by atoms with Crippen LogP contribution in [0, 0.1) is 5.92 Å². The van der Waals surface area contributed by atoms with Crippen molar-refractivity contribution in [2.75, 3.05) is 13.2 Å². The molecule has 200 valence electrons. The van der Waals surface area contributed by atoms with Crippen LogP contribution in [0.15, 0.2) is 0 Å². The van der Waals surface area contributed by atoms with Crippen LogP contribution < -0.4 is 27.0 Å². The molecule has 0 saturated carbocycles. The lowest BCUT2D eigenvalue weighted by Gasteiger charge is -2.26. The molecule has 15 heteroatoms. The Hall–Kier alpha value is -3.30. The second-order valence-electron chi connectivity index (χ2n) is 7.94. The summed E-state index contributed by atoms with van der Waals surface area (Å²) in [5, 5.41) is 46.4. The Morgan fingerprint density at radius 2 is 1.37 bits per heavy atom. The summed E-state index contributed by atoms with van der Waals surface area (Å²) in [5.41, 5.74) is 5.18. The van der Waals surface area contributed by atoms with Crippen LogP contribution in [0.3, 0.4) is 0 Å². The van der Waals surface area contributed by atoms with Gasteiger partial charge in [-0.25, -0.2) is 4.79 Å². The third-order valence-electron chi connectivity index (χ3n) is 5.14. The molecule has 0 spiro atoms. The molecule has 0 aromatic carbocycles. The third kappa shape index (κ3) is 11.1. The Morgan fingerprint density at radius 3 is 1.80 bits per heavy atom. The average Bonchev–Trinajstić information content (AvgIpc) is 2.79. The van der Waals surface area contributed by atoms with Crippen molar-refractivity contribution in [3.05, 3.63) is 0 Å². The molecule has 0 heterocycles. The highest BCUT2D eigenvalue weighted by molar-refractivity contribution is 5.95. The van der Waals surface area contributed by atoms with Crippen molar-refractivity contribution in [1.29, 1.82) is 0 Å². The zero-order valence-electron chi connectivity index (χ0n) is 19.8. The van der Waals surface area contributed by atoms with Crippen molar-refractivity contribution < 1.29 is 49.2 Å². The molecule has 0 aliphatic heterocycles. The average molecular weight is 506 g/mol. The molecule has 15 nitrogen and oxygen atoms in total. The fraction of sp³-hybridized carbons (Fsp3) is 0.700. The van der Waals surface area contributed by atoms with Gasteiger partial charge in [-0.1, -0.05) is 20.3 Å². The summed E-state index contributed by atoms with van der Waals surface area (Å²) in [4.78, 5) is 71.8. The maximum absolute atomic E-state index is 12.7. The molecule has 0 unspecified atom stereocenters. The van der Waals surface area contributed by atoms with E-state index in [0.717, 1.165) is 0 Å². The van der Waals surface area contributed by atoms with E-state index in [2.05, 4.69) is 21.3 Å². The van der Waals surface area contributed by atoms with Gasteiger partial charge in [0.25, 0.3) is 0 Å². The molecule has 0 aliphatic carbocycles. The number of amides is 4. The standard InChI is InChI=1S/C20H35N5O10/c1-4-9(2)15(20(34)35)25-18(32)12(8-26)23-17(31)11(5-6-14(29)30)22-19(33)16(10(3)27)24-13(28)7-21/h9-12,15-16,26-27H,4-8,21H2,1-3H3,(H,22,33)(H,23,31)(H,24,28)(H,25,32)(H,29,30)(H,34,35)/t9-,10+,11-,12-,15-,16-/m0/s1. The van der Waals surface area contributed by atoms with Crippen LogP contribution in [0.1, 0.15) is 40.0 Å². The zero-order valence-corrected chi connectivity index (χ0v) is 19.8. The van der Waals surface area contributed by atoms with Gasteiger partial charge >= 0.3 is 11.9 Å². The summed E-state index contributed by atoms with van der Waals surface area (Å²) in [6.45, 7) is 3.08. The fourth-order valence-corrected chi connectivity index (χ4v) is 2.84. The van der Waals surface area contributed by atoms with E-state index in [0.29, 0.717) is 6.42 Å². The van der Waals surface area contributed by atoms with Crippen molar-refractivity contribution in [1.82, 2.24) is 21.3 Å². The second kappa shape index (κ2) is 15.6. The third-order valence-corrected chi connectivity index (χ3v) is 5.14. The van der Waals surface area contributed by atoms with E-state index in [1.165, 1.54) is 6.92 Å². The number of aliphatic hydroxyl groups excluding tert-OH is 2. The van der Waals surface area contributed by atoms with Gasteiger partial charge < -0.3 is 47.4 Å². The Morgan fingerprint density at radius 1 is 0.829 bits per heavy atom. The van der Waals surface area contributed by atoms with Crippen LogP contribution >= 0.6 is 0 Å². The van der Waals surface area contributed by atoms with Gasteiger partial charge in [-0.2, -0.15) is 0 Å². The lowest BCUT2D eigenvalue weighted by molar-refractivity contribution is -0.144. The lowest BCUT2D eigenvalue weighted by Crippen LogP contribution is -2.60. The molecular formula is C20H35N5O10. The van der Waals surface area contributed by atoms with Crippen molar-refractivity contribution in [3.63, 3.8) is 0 Å². The van der Waals surface area contributed by atoms with Crippen molar-refractivity contribution >= 4 is 35.6 Å². The number of rotatable bonds is 16. The van der Waals surface area contributed by atoms with E-state index in [4.69, 9.17) is 10.8 Å². The molecule has 10 N–H and O–H groups in total. The SMILES string of the molecule is CC[C@H](C)[C@H](NC(=O)[C@H](CO)NC(=O)[C@H](CCC(=O)O)NC(=O)[C@@H](NC(=O)CN)[C@@H](C)O)C(=O)O.